The molecule has 2 nitrogen and oxygen atoms in total. The second-order valence-corrected chi connectivity index (χ2v) is 5.82. The zero-order valence-corrected chi connectivity index (χ0v) is 11.3. The minimum Gasteiger partial charge on any atom is -0.324 e. The molecule has 0 aliphatic heterocycles. The molecule has 2 atom stereocenters. The van der Waals surface area contributed by atoms with E-state index in [4.69, 9.17) is 5.73 Å². The maximum atomic E-state index is 6.53. The molecule has 0 aromatic heterocycles. The summed E-state index contributed by atoms with van der Waals surface area (Å²) in [7, 11) is 0. The normalized spacial score (nSPS) is 30.7. The van der Waals surface area contributed by atoms with E-state index in [1.165, 1.54) is 31.3 Å². The van der Waals surface area contributed by atoms with Crippen LogP contribution in [0.2, 0.25) is 0 Å². The summed E-state index contributed by atoms with van der Waals surface area (Å²) in [4.78, 5) is 2.43. The zero-order chi connectivity index (χ0) is 12.2. The van der Waals surface area contributed by atoms with Crippen molar-refractivity contribution in [3.8, 4) is 0 Å². The topological polar surface area (TPSA) is 29.3 Å². The third-order valence-corrected chi connectivity index (χ3v) is 3.61. The Hall–Kier alpha value is -0.340. The smallest absolute Gasteiger partial charge is 0.0286 e. The Morgan fingerprint density at radius 2 is 2.25 bits per heavy atom. The molecule has 2 unspecified atom stereocenters. The molecule has 0 saturated heterocycles. The minimum atomic E-state index is 0.0448. The van der Waals surface area contributed by atoms with Crippen LogP contribution in [0.25, 0.3) is 0 Å². The van der Waals surface area contributed by atoms with Crippen molar-refractivity contribution in [1.82, 2.24) is 4.90 Å². The van der Waals surface area contributed by atoms with E-state index in [1.54, 1.807) is 0 Å². The lowest BCUT2D eigenvalue weighted by Crippen LogP contribution is -2.53. The number of likely N-dealkylation sites (N-methyl/N-ethyl adjacent to an activating group) is 1. The standard InChI is InChI=1S/C14H28N2/c1-5-16(10-12(2)3)11-14(15)8-6-7-13(4)9-14/h13H,2,5-11,15H2,1,3-4H3. The summed E-state index contributed by atoms with van der Waals surface area (Å²) in [5, 5.41) is 0. The molecule has 1 aliphatic carbocycles. The maximum Gasteiger partial charge on any atom is 0.0286 e. The van der Waals surface area contributed by atoms with E-state index in [1.807, 2.05) is 0 Å². The van der Waals surface area contributed by atoms with E-state index in [0.717, 1.165) is 25.6 Å². The summed E-state index contributed by atoms with van der Waals surface area (Å²) >= 11 is 0. The van der Waals surface area contributed by atoms with Gasteiger partial charge in [-0.3, -0.25) is 4.90 Å². The van der Waals surface area contributed by atoms with Gasteiger partial charge in [0.05, 0.1) is 0 Å². The van der Waals surface area contributed by atoms with Crippen molar-refractivity contribution in [2.24, 2.45) is 11.7 Å². The van der Waals surface area contributed by atoms with Crippen LogP contribution in [0.3, 0.4) is 0 Å². The van der Waals surface area contributed by atoms with Crippen molar-refractivity contribution in [2.45, 2.75) is 52.0 Å². The van der Waals surface area contributed by atoms with Gasteiger partial charge in [-0.25, -0.2) is 0 Å². The SMILES string of the molecule is C=C(C)CN(CC)CC1(N)CCCC(C)C1. The average Bonchev–Trinajstić information content (AvgIpc) is 2.15. The van der Waals surface area contributed by atoms with Gasteiger partial charge in [0.15, 0.2) is 0 Å². The van der Waals surface area contributed by atoms with E-state index in [9.17, 15) is 0 Å². The predicted octanol–water partition coefficient (Wildman–Crippen LogP) is 2.79. The zero-order valence-electron chi connectivity index (χ0n) is 11.3. The Balaban J connectivity index is 2.51. The fourth-order valence-electron chi connectivity index (χ4n) is 2.95. The summed E-state index contributed by atoms with van der Waals surface area (Å²) in [6.07, 6.45) is 5.01. The van der Waals surface area contributed by atoms with Crippen LogP contribution in [-0.4, -0.2) is 30.1 Å². The number of hydrogen-bond donors (Lipinski definition) is 1. The molecule has 16 heavy (non-hydrogen) atoms. The third kappa shape index (κ3) is 4.26. The van der Waals surface area contributed by atoms with Crippen molar-refractivity contribution in [1.29, 1.82) is 0 Å². The van der Waals surface area contributed by atoms with Crippen molar-refractivity contribution in [3.63, 3.8) is 0 Å². The maximum absolute atomic E-state index is 6.53. The van der Waals surface area contributed by atoms with Crippen LogP contribution in [0, 0.1) is 5.92 Å². The van der Waals surface area contributed by atoms with Crippen LogP contribution >= 0.6 is 0 Å². The summed E-state index contributed by atoms with van der Waals surface area (Å²) in [6, 6.07) is 0. The lowest BCUT2D eigenvalue weighted by molar-refractivity contribution is 0.161. The lowest BCUT2D eigenvalue weighted by atomic mass is 9.77. The molecule has 2 N–H and O–H groups in total. The molecule has 0 amide bonds. The number of nitrogens with two attached hydrogens (primary N) is 1. The van der Waals surface area contributed by atoms with Crippen LogP contribution in [0.15, 0.2) is 12.2 Å². The predicted molar refractivity (Wildman–Crippen MR) is 71.5 cm³/mol. The molecule has 94 valence electrons. The van der Waals surface area contributed by atoms with Gasteiger partial charge in [0.1, 0.15) is 0 Å². The van der Waals surface area contributed by atoms with E-state index >= 15 is 0 Å². The van der Waals surface area contributed by atoms with Crippen LogP contribution < -0.4 is 5.73 Å². The van der Waals surface area contributed by atoms with E-state index < -0.39 is 0 Å². The fourth-order valence-corrected chi connectivity index (χ4v) is 2.95. The molecule has 0 radical (unpaired) electrons. The number of rotatable bonds is 5. The van der Waals surface area contributed by atoms with E-state index in [-0.39, 0.29) is 5.54 Å². The van der Waals surface area contributed by atoms with Gasteiger partial charge in [0.25, 0.3) is 0 Å². The number of nitrogens with zero attached hydrogens (tertiary/aromatic N) is 1. The Kier molecular flexibility index (Phi) is 5.00. The molecule has 2 heteroatoms. The largest absolute Gasteiger partial charge is 0.324 e. The van der Waals surface area contributed by atoms with Crippen molar-refractivity contribution in [3.05, 3.63) is 12.2 Å². The van der Waals surface area contributed by atoms with Gasteiger partial charge < -0.3 is 5.73 Å². The van der Waals surface area contributed by atoms with Gasteiger partial charge in [-0.2, -0.15) is 0 Å². The van der Waals surface area contributed by atoms with E-state index in [2.05, 4.69) is 32.3 Å². The van der Waals surface area contributed by atoms with Gasteiger partial charge in [-0.15, -0.1) is 0 Å². The molecule has 1 fully saturated rings. The minimum absolute atomic E-state index is 0.0448. The molecule has 1 saturated carbocycles. The average molecular weight is 224 g/mol. The molecule has 1 aliphatic rings. The van der Waals surface area contributed by atoms with Crippen LogP contribution in [0.4, 0.5) is 0 Å². The third-order valence-electron chi connectivity index (χ3n) is 3.61. The first-order valence-corrected chi connectivity index (χ1v) is 6.61. The van der Waals surface area contributed by atoms with Crippen LogP contribution in [-0.2, 0) is 0 Å². The highest BCUT2D eigenvalue weighted by Gasteiger charge is 2.32. The first-order valence-electron chi connectivity index (χ1n) is 6.61. The van der Waals surface area contributed by atoms with Crippen LogP contribution in [0.5, 0.6) is 0 Å². The monoisotopic (exact) mass is 224 g/mol. The molecular weight excluding hydrogens is 196 g/mol. The highest BCUT2D eigenvalue weighted by atomic mass is 15.1. The van der Waals surface area contributed by atoms with Gasteiger partial charge in [-0.1, -0.05) is 38.8 Å². The quantitative estimate of drug-likeness (QED) is 0.728. The Labute approximate surface area is 101 Å². The summed E-state index contributed by atoms with van der Waals surface area (Å²) in [5.74, 6) is 0.794. The molecule has 0 aromatic rings. The molecule has 0 bridgehead atoms. The summed E-state index contributed by atoms with van der Waals surface area (Å²) in [5.41, 5.74) is 7.81. The van der Waals surface area contributed by atoms with Gasteiger partial charge in [0.2, 0.25) is 0 Å². The van der Waals surface area contributed by atoms with Crippen molar-refractivity contribution < 1.29 is 0 Å². The molecule has 0 spiro atoms. The highest BCUT2D eigenvalue weighted by molar-refractivity contribution is 4.97. The fraction of sp³-hybridized carbons (Fsp3) is 0.857. The molecule has 1 rings (SSSR count). The van der Waals surface area contributed by atoms with Crippen LogP contribution in [0.1, 0.15) is 46.5 Å². The second-order valence-electron chi connectivity index (χ2n) is 5.82. The Morgan fingerprint density at radius 1 is 1.56 bits per heavy atom. The Bertz CT molecular complexity index is 237. The van der Waals surface area contributed by atoms with Crippen molar-refractivity contribution in [2.75, 3.05) is 19.6 Å². The molecule has 0 aromatic carbocycles. The summed E-state index contributed by atoms with van der Waals surface area (Å²) in [6.45, 7) is 13.7. The van der Waals surface area contributed by atoms with Gasteiger partial charge >= 0.3 is 0 Å². The van der Waals surface area contributed by atoms with Crippen molar-refractivity contribution >= 4 is 0 Å². The first kappa shape index (κ1) is 13.7. The number of hydrogen-bond acceptors (Lipinski definition) is 2. The molecular formula is C14H28N2. The van der Waals surface area contributed by atoms with Gasteiger partial charge in [0, 0.05) is 18.6 Å². The first-order chi connectivity index (χ1) is 7.45. The Morgan fingerprint density at radius 3 is 2.75 bits per heavy atom. The van der Waals surface area contributed by atoms with Gasteiger partial charge in [-0.05, 0) is 32.2 Å². The van der Waals surface area contributed by atoms with E-state index in [0.29, 0.717) is 0 Å². The lowest BCUT2D eigenvalue weighted by Gasteiger charge is -2.40. The summed E-state index contributed by atoms with van der Waals surface area (Å²) < 4.78 is 0. The second kappa shape index (κ2) is 5.83. The molecule has 0 heterocycles. The highest BCUT2D eigenvalue weighted by Crippen LogP contribution is 2.31.